The van der Waals surface area contributed by atoms with Crippen LogP contribution in [0.4, 0.5) is 0 Å². The topological polar surface area (TPSA) is 398 Å². The standard InChI is InChI=1S/C50H81N11O14S/c1-26(2)39(57-37(65)25-53-45(69)41(29(6)63)59-44(68)38(52)28(5)62)46(70)56-34(24-30-15-17-31(64)18-16-30)43(67)58-40(27(3)4)47(71)54-32(12-8-9-20-51)42(66)55-33(19-23-76-7)48(72)60-21-10-13-35(60)49(73)61-22-11-14-36(61)50(74)75/h15-18,26-29,32-36,38-41,62-64H,8-14,19-25,51-52H2,1-7H3,(H,53,69)(H,54,71)(H,55,66)(H,56,70)(H,57,65)(H,58,67)(H,59,68)(H,74,75)/p+2/t28-,29-,32+,33+,34+,35+,36+,38+,39+,40+,41+/m1/s1. The molecule has 11 atom stereocenters. The Morgan fingerprint density at radius 3 is 1.74 bits per heavy atom. The highest BCUT2D eigenvalue weighted by atomic mass is 32.2. The fourth-order valence-corrected chi connectivity index (χ4v) is 9.31. The summed E-state index contributed by atoms with van der Waals surface area (Å²) in [6.07, 6.45) is 2.15. The SMILES string of the molecule is CSCC[C@H](NC(=O)[C@H](CCCC[NH3+])NC(=O)[C@@H](NC(=O)[C@H](Cc1ccc(O)cc1)NC(=O)[C@@H](NC(=O)CNC(=O)[C@@H](NC(=O)[C@@H]([NH3+])[C@@H](C)O)[C@@H](C)O)C(C)C)C(C)C)C(=O)N1CCC[C@H]1C(=O)N1CCC[C@H]1C(=O)O. The van der Waals surface area contributed by atoms with Crippen molar-refractivity contribution in [1.29, 1.82) is 0 Å². The van der Waals surface area contributed by atoms with E-state index in [-0.39, 0.29) is 38.1 Å². The van der Waals surface area contributed by atoms with Crippen LogP contribution in [0.5, 0.6) is 5.75 Å². The smallest absolute Gasteiger partial charge is 0.326 e. The van der Waals surface area contributed by atoms with Gasteiger partial charge in [-0.05, 0) is 107 Å². The molecule has 1 aromatic carbocycles. The summed E-state index contributed by atoms with van der Waals surface area (Å²) in [7, 11) is 0. The van der Waals surface area contributed by atoms with E-state index in [9.17, 15) is 68.4 Å². The highest BCUT2D eigenvalue weighted by Crippen LogP contribution is 2.26. The molecular weight excluding hydrogens is 1010 g/mol. The minimum absolute atomic E-state index is 0.0641. The number of nitrogens with zero attached hydrogens (tertiary/aromatic N) is 2. The third-order valence-corrected chi connectivity index (χ3v) is 14.1. The first-order chi connectivity index (χ1) is 35.8. The van der Waals surface area contributed by atoms with Crippen molar-refractivity contribution in [1.82, 2.24) is 47.0 Å². The first kappa shape index (κ1) is 64.2. The molecule has 3 rings (SSSR count). The molecule has 76 heavy (non-hydrogen) atoms. The van der Waals surface area contributed by atoms with Crippen molar-refractivity contribution in [3.63, 3.8) is 0 Å². The minimum atomic E-state index is -1.52. The quantitative estimate of drug-likeness (QED) is 0.0326. The average Bonchev–Trinajstić information content (AvgIpc) is 4.08. The third kappa shape index (κ3) is 19.2. The predicted octanol–water partition coefficient (Wildman–Crippen LogP) is -4.12. The first-order valence-corrected chi connectivity index (χ1v) is 27.4. The zero-order chi connectivity index (χ0) is 57.0. The van der Waals surface area contributed by atoms with Gasteiger partial charge >= 0.3 is 5.97 Å². The monoisotopic (exact) mass is 1090 g/mol. The van der Waals surface area contributed by atoms with Crippen LogP contribution >= 0.6 is 11.8 Å². The van der Waals surface area contributed by atoms with E-state index in [0.29, 0.717) is 56.4 Å². The molecule has 2 aliphatic rings. The van der Waals surface area contributed by atoms with Crippen LogP contribution in [0.25, 0.3) is 0 Å². The fourth-order valence-electron chi connectivity index (χ4n) is 8.84. The maximum atomic E-state index is 14.4. The lowest BCUT2D eigenvalue weighted by Gasteiger charge is -2.33. The van der Waals surface area contributed by atoms with Gasteiger partial charge in [-0.3, -0.25) is 43.2 Å². The number of phenols is 1. The number of aliphatic hydroxyl groups is 2. The summed E-state index contributed by atoms with van der Waals surface area (Å²) >= 11 is 1.44. The number of carbonyl (C=O) groups excluding carboxylic acids is 9. The summed E-state index contributed by atoms with van der Waals surface area (Å²) < 4.78 is 0. The van der Waals surface area contributed by atoms with Crippen LogP contribution < -0.4 is 48.7 Å². The Bertz CT molecular complexity index is 2170. The highest BCUT2D eigenvalue weighted by Gasteiger charge is 2.44. The number of nitrogens with one attached hydrogen (secondary N) is 7. The van der Waals surface area contributed by atoms with Gasteiger partial charge < -0.3 is 78.9 Å². The summed E-state index contributed by atoms with van der Waals surface area (Å²) in [6, 6.07) is -5.00. The van der Waals surface area contributed by atoms with Gasteiger partial charge in [-0.25, -0.2) is 4.79 Å². The molecule has 1 aromatic rings. The van der Waals surface area contributed by atoms with Crippen LogP contribution in [-0.4, -0.2) is 194 Å². The molecule has 26 heteroatoms. The number of rotatable bonds is 30. The third-order valence-electron chi connectivity index (χ3n) is 13.4. The lowest BCUT2D eigenvalue weighted by molar-refractivity contribution is -0.419. The van der Waals surface area contributed by atoms with Gasteiger partial charge in [0.15, 0.2) is 6.04 Å². The number of amides is 9. The van der Waals surface area contributed by atoms with E-state index >= 15 is 0 Å². The van der Waals surface area contributed by atoms with Gasteiger partial charge in [0.1, 0.15) is 60.2 Å². The molecular formula is C50H83N11O14S+2. The van der Waals surface area contributed by atoms with Gasteiger partial charge in [-0.15, -0.1) is 0 Å². The number of phenolic OH excluding ortho intramolecular Hbond substituents is 1. The van der Waals surface area contributed by atoms with Crippen molar-refractivity contribution in [2.75, 3.05) is 38.2 Å². The predicted molar refractivity (Wildman–Crippen MR) is 278 cm³/mol. The van der Waals surface area contributed by atoms with Crippen LogP contribution in [0.15, 0.2) is 24.3 Å². The van der Waals surface area contributed by atoms with E-state index in [1.165, 1.54) is 59.7 Å². The van der Waals surface area contributed by atoms with E-state index in [2.05, 4.69) is 48.7 Å². The molecule has 0 aliphatic carbocycles. The number of carboxylic acid groups (broad SMARTS) is 1. The maximum absolute atomic E-state index is 14.4. The second-order valence-corrected chi connectivity index (χ2v) is 21.2. The van der Waals surface area contributed by atoms with E-state index in [4.69, 9.17) is 0 Å². The molecule has 17 N–H and O–H groups in total. The van der Waals surface area contributed by atoms with Crippen LogP contribution in [0.1, 0.15) is 98.5 Å². The number of likely N-dealkylation sites (tertiary alicyclic amines) is 2. The maximum Gasteiger partial charge on any atom is 0.326 e. The minimum Gasteiger partial charge on any atom is -0.508 e. The van der Waals surface area contributed by atoms with Gasteiger partial charge in [0, 0.05) is 19.5 Å². The number of aliphatic carboxylic acids is 1. The Kier molecular flexibility index (Phi) is 26.4. The lowest BCUT2D eigenvalue weighted by atomic mass is 9.98. The summed E-state index contributed by atoms with van der Waals surface area (Å²) in [6.45, 7) is 9.45. The van der Waals surface area contributed by atoms with Crippen LogP contribution in [0.3, 0.4) is 0 Å². The number of quaternary nitrogens is 2. The van der Waals surface area contributed by atoms with E-state index in [1.54, 1.807) is 27.7 Å². The van der Waals surface area contributed by atoms with E-state index in [1.807, 2.05) is 6.26 Å². The zero-order valence-corrected chi connectivity index (χ0v) is 45.6. The molecule has 9 amide bonds. The van der Waals surface area contributed by atoms with Crippen LogP contribution in [0.2, 0.25) is 0 Å². The van der Waals surface area contributed by atoms with Crippen molar-refractivity contribution in [2.24, 2.45) is 11.8 Å². The Hall–Kier alpha value is -6.09. The van der Waals surface area contributed by atoms with Gasteiger partial charge in [-0.2, -0.15) is 11.8 Å². The number of aliphatic hydroxyl groups excluding tert-OH is 2. The summed E-state index contributed by atoms with van der Waals surface area (Å²) in [5.41, 5.74) is 7.91. The normalized spacial score (nSPS) is 19.0. The van der Waals surface area contributed by atoms with Gasteiger partial charge in [0.05, 0.1) is 19.2 Å². The fraction of sp³-hybridized carbons (Fsp3) is 0.680. The molecule has 0 aromatic heterocycles. The van der Waals surface area contributed by atoms with Crippen molar-refractivity contribution < 1.29 is 79.8 Å². The van der Waals surface area contributed by atoms with E-state index in [0.717, 1.165) is 0 Å². The van der Waals surface area contributed by atoms with Gasteiger partial charge in [-0.1, -0.05) is 39.8 Å². The molecule has 2 heterocycles. The molecule has 2 saturated heterocycles. The number of carboxylic acids is 1. The van der Waals surface area contributed by atoms with E-state index < -0.39 is 144 Å². The number of benzene rings is 1. The van der Waals surface area contributed by atoms with Crippen LogP contribution in [0, 0.1) is 11.8 Å². The Morgan fingerprint density at radius 1 is 0.645 bits per heavy atom. The molecule has 25 nitrogen and oxygen atoms in total. The molecule has 0 spiro atoms. The number of unbranched alkanes of at least 4 members (excludes halogenated alkanes) is 1. The highest BCUT2D eigenvalue weighted by molar-refractivity contribution is 7.98. The molecule has 0 saturated carbocycles. The summed E-state index contributed by atoms with van der Waals surface area (Å²) in [5, 5.41) is 57.8. The Labute approximate surface area is 447 Å². The number of hydrogen-bond donors (Lipinski definition) is 13. The lowest BCUT2D eigenvalue weighted by Crippen LogP contribution is -2.73. The molecule has 426 valence electrons. The zero-order valence-electron chi connectivity index (χ0n) is 44.8. The van der Waals surface area contributed by atoms with Crippen molar-refractivity contribution in [3.8, 4) is 5.75 Å². The second-order valence-electron chi connectivity index (χ2n) is 20.2. The van der Waals surface area contributed by atoms with Crippen molar-refractivity contribution in [3.05, 3.63) is 29.8 Å². The first-order valence-electron chi connectivity index (χ1n) is 26.0. The number of carbonyl (C=O) groups is 10. The number of hydrogen-bond acceptors (Lipinski definition) is 14. The number of thioether (sulfide) groups is 1. The Balaban J connectivity index is 1.83. The largest absolute Gasteiger partial charge is 0.508 e. The van der Waals surface area contributed by atoms with Crippen LogP contribution in [-0.2, 0) is 54.4 Å². The number of aromatic hydroxyl groups is 1. The molecule has 2 aliphatic heterocycles. The molecule has 0 unspecified atom stereocenters. The van der Waals surface area contributed by atoms with Crippen molar-refractivity contribution in [2.45, 2.75) is 166 Å². The van der Waals surface area contributed by atoms with Gasteiger partial charge in [0.2, 0.25) is 47.3 Å². The summed E-state index contributed by atoms with van der Waals surface area (Å²) in [5.74, 6) is -8.50. The average molecular weight is 1090 g/mol. The van der Waals surface area contributed by atoms with Gasteiger partial charge in [0.25, 0.3) is 5.91 Å². The van der Waals surface area contributed by atoms with Crippen molar-refractivity contribution >= 4 is 70.9 Å². The Morgan fingerprint density at radius 2 is 1.18 bits per heavy atom. The molecule has 0 bridgehead atoms. The molecule has 0 radical (unpaired) electrons. The molecule has 2 fully saturated rings. The summed E-state index contributed by atoms with van der Waals surface area (Å²) in [4.78, 5) is 138. The second kappa shape index (κ2) is 31.2.